The van der Waals surface area contributed by atoms with E-state index in [4.69, 9.17) is 0 Å². The number of carbonyl (C=O) groups is 2. The van der Waals surface area contributed by atoms with Crippen molar-refractivity contribution in [2.75, 3.05) is 7.11 Å². The fourth-order valence-corrected chi connectivity index (χ4v) is 2.70. The SMILES string of the molecule is C=CCC1=CCCC1=O.COC(=O)CCCc1cccc(Br)c1O. The van der Waals surface area contributed by atoms with Crippen LogP contribution in [-0.2, 0) is 20.7 Å². The van der Waals surface area contributed by atoms with Crippen molar-refractivity contribution in [2.45, 2.75) is 38.5 Å². The van der Waals surface area contributed by atoms with Crippen LogP contribution in [0.4, 0.5) is 0 Å². The van der Waals surface area contributed by atoms with Crippen LogP contribution < -0.4 is 0 Å². The van der Waals surface area contributed by atoms with Gasteiger partial charge in [-0.2, -0.15) is 0 Å². The van der Waals surface area contributed by atoms with Crippen molar-refractivity contribution in [1.82, 2.24) is 0 Å². The Balaban J connectivity index is 0.000000272. The second kappa shape index (κ2) is 10.8. The number of ether oxygens (including phenoxy) is 1. The van der Waals surface area contributed by atoms with Crippen molar-refractivity contribution < 1.29 is 19.4 Å². The molecule has 0 atom stereocenters. The fraction of sp³-hybridized carbons (Fsp3) is 0.368. The summed E-state index contributed by atoms with van der Waals surface area (Å²) in [6.07, 6.45) is 7.89. The molecule has 1 aliphatic rings. The maximum absolute atomic E-state index is 10.9. The maximum atomic E-state index is 10.9. The minimum absolute atomic E-state index is 0.218. The van der Waals surface area contributed by atoms with Crippen LogP contribution in [0, 0.1) is 0 Å². The highest BCUT2D eigenvalue weighted by atomic mass is 79.9. The number of allylic oxidation sites excluding steroid dienone is 3. The first-order valence-electron chi connectivity index (χ1n) is 7.85. The average molecular weight is 395 g/mol. The van der Waals surface area contributed by atoms with E-state index in [-0.39, 0.29) is 11.7 Å². The second-order valence-electron chi connectivity index (χ2n) is 5.36. The largest absolute Gasteiger partial charge is 0.506 e. The molecule has 2 rings (SSSR count). The number of rotatable bonds is 6. The molecule has 0 saturated heterocycles. The van der Waals surface area contributed by atoms with E-state index in [0.29, 0.717) is 35.9 Å². The molecule has 0 heterocycles. The predicted octanol–water partition coefficient (Wildman–Crippen LogP) is 4.50. The van der Waals surface area contributed by atoms with Gasteiger partial charge in [0.25, 0.3) is 0 Å². The molecule has 1 aromatic rings. The van der Waals surface area contributed by atoms with E-state index in [2.05, 4.69) is 27.2 Å². The Hall–Kier alpha value is -1.88. The van der Waals surface area contributed by atoms with Crippen molar-refractivity contribution in [1.29, 1.82) is 0 Å². The highest BCUT2D eigenvalue weighted by molar-refractivity contribution is 9.10. The van der Waals surface area contributed by atoms with Crippen molar-refractivity contribution in [2.24, 2.45) is 0 Å². The summed E-state index contributed by atoms with van der Waals surface area (Å²) in [6, 6.07) is 5.48. The van der Waals surface area contributed by atoms with E-state index in [1.807, 2.05) is 18.2 Å². The zero-order valence-electron chi connectivity index (χ0n) is 13.9. The molecule has 1 aromatic carbocycles. The highest BCUT2D eigenvalue weighted by Gasteiger charge is 2.12. The first kappa shape index (κ1) is 20.2. The number of carbonyl (C=O) groups excluding carboxylic acids is 2. The normalized spacial score (nSPS) is 12.9. The molecule has 0 fully saturated rings. The van der Waals surface area contributed by atoms with Gasteiger partial charge in [0.05, 0.1) is 11.6 Å². The Morgan fingerprint density at radius 2 is 2.21 bits per heavy atom. The van der Waals surface area contributed by atoms with Crippen molar-refractivity contribution >= 4 is 27.7 Å². The van der Waals surface area contributed by atoms with Crippen LogP contribution in [-0.4, -0.2) is 24.0 Å². The van der Waals surface area contributed by atoms with Gasteiger partial charge in [0.15, 0.2) is 5.78 Å². The molecule has 0 spiro atoms. The molecule has 24 heavy (non-hydrogen) atoms. The molecule has 1 aliphatic carbocycles. The van der Waals surface area contributed by atoms with E-state index >= 15 is 0 Å². The van der Waals surface area contributed by atoms with E-state index in [1.165, 1.54) is 7.11 Å². The van der Waals surface area contributed by atoms with Crippen molar-refractivity contribution in [3.8, 4) is 5.75 Å². The molecule has 0 aromatic heterocycles. The first-order valence-corrected chi connectivity index (χ1v) is 8.65. The molecule has 0 aliphatic heterocycles. The quantitative estimate of drug-likeness (QED) is 0.569. The van der Waals surface area contributed by atoms with E-state index < -0.39 is 0 Å². The van der Waals surface area contributed by atoms with Crippen LogP contribution in [0.2, 0.25) is 0 Å². The number of methoxy groups -OCH3 is 1. The standard InChI is InChI=1S/C11H13BrO3.C8H10O/c1-15-10(13)7-3-5-8-4-2-6-9(12)11(8)14;1-2-4-7-5-3-6-8(7)9/h2,4,6,14H,3,5,7H2,1H3;2,5H,1,3-4,6H2. The number of ketones is 1. The molecule has 0 bridgehead atoms. The number of halogens is 1. The van der Waals surface area contributed by atoms with Gasteiger partial charge in [-0.15, -0.1) is 6.58 Å². The Labute approximate surface area is 151 Å². The number of aromatic hydroxyl groups is 1. The lowest BCUT2D eigenvalue weighted by atomic mass is 10.1. The van der Waals surface area contributed by atoms with E-state index in [0.717, 1.165) is 24.0 Å². The topological polar surface area (TPSA) is 63.6 Å². The van der Waals surface area contributed by atoms with Crippen LogP contribution in [0.1, 0.15) is 37.7 Å². The van der Waals surface area contributed by atoms with Crippen LogP contribution in [0.3, 0.4) is 0 Å². The van der Waals surface area contributed by atoms with Gasteiger partial charge < -0.3 is 9.84 Å². The molecule has 1 N–H and O–H groups in total. The predicted molar refractivity (Wildman–Crippen MR) is 97.9 cm³/mol. The summed E-state index contributed by atoms with van der Waals surface area (Å²) in [7, 11) is 1.37. The number of aryl methyl sites for hydroxylation is 1. The van der Waals surface area contributed by atoms with Gasteiger partial charge in [-0.05, 0) is 58.8 Å². The summed E-state index contributed by atoms with van der Waals surface area (Å²) in [5.41, 5.74) is 1.79. The van der Waals surface area contributed by atoms with Crippen LogP contribution in [0.5, 0.6) is 5.75 Å². The summed E-state index contributed by atoms with van der Waals surface area (Å²) in [6.45, 7) is 3.57. The zero-order chi connectivity index (χ0) is 17.9. The second-order valence-corrected chi connectivity index (χ2v) is 6.22. The Morgan fingerprint density at radius 3 is 2.79 bits per heavy atom. The van der Waals surface area contributed by atoms with Crippen LogP contribution in [0.25, 0.3) is 0 Å². The summed E-state index contributed by atoms with van der Waals surface area (Å²) < 4.78 is 5.21. The van der Waals surface area contributed by atoms with Crippen LogP contribution in [0.15, 0.2) is 47.0 Å². The van der Waals surface area contributed by atoms with E-state index in [9.17, 15) is 14.7 Å². The molecule has 130 valence electrons. The fourth-order valence-electron chi connectivity index (χ4n) is 2.29. The number of Topliss-reactive ketones (excluding diaryl/α,β-unsaturated/α-hetero) is 1. The lowest BCUT2D eigenvalue weighted by molar-refractivity contribution is -0.140. The molecular formula is C19H23BrO4. The van der Waals surface area contributed by atoms with E-state index in [1.54, 1.807) is 12.1 Å². The lowest BCUT2D eigenvalue weighted by Crippen LogP contribution is -2.00. The molecule has 0 radical (unpaired) electrons. The summed E-state index contributed by atoms with van der Waals surface area (Å²) >= 11 is 3.24. The van der Waals surface area contributed by atoms with Crippen molar-refractivity contribution in [3.05, 3.63) is 52.5 Å². The molecular weight excluding hydrogens is 372 g/mol. The monoisotopic (exact) mass is 394 g/mol. The molecule has 5 heteroatoms. The average Bonchev–Trinajstić information content (AvgIpc) is 2.97. The van der Waals surface area contributed by atoms with Crippen LogP contribution >= 0.6 is 15.9 Å². The molecule has 0 saturated carbocycles. The van der Waals surface area contributed by atoms with Gasteiger partial charge >= 0.3 is 5.97 Å². The van der Waals surface area contributed by atoms with Crippen molar-refractivity contribution in [3.63, 3.8) is 0 Å². The third-order valence-electron chi connectivity index (χ3n) is 3.61. The van der Waals surface area contributed by atoms with Gasteiger partial charge in [-0.3, -0.25) is 9.59 Å². The Morgan fingerprint density at radius 1 is 1.46 bits per heavy atom. The van der Waals surface area contributed by atoms with Gasteiger partial charge in [-0.25, -0.2) is 0 Å². The smallest absolute Gasteiger partial charge is 0.305 e. The molecule has 0 unspecified atom stereocenters. The maximum Gasteiger partial charge on any atom is 0.305 e. The number of esters is 1. The number of para-hydroxylation sites is 1. The lowest BCUT2D eigenvalue weighted by Gasteiger charge is -2.05. The zero-order valence-corrected chi connectivity index (χ0v) is 15.5. The van der Waals surface area contributed by atoms with Gasteiger partial charge in [0, 0.05) is 12.8 Å². The Kier molecular flexibility index (Phi) is 9.08. The Bertz CT molecular complexity index is 620. The van der Waals surface area contributed by atoms with Gasteiger partial charge in [0.1, 0.15) is 5.75 Å². The number of benzene rings is 1. The number of phenolic OH excluding ortho intramolecular Hbond substituents is 1. The number of hydrogen-bond donors (Lipinski definition) is 1. The molecule has 4 nitrogen and oxygen atoms in total. The minimum Gasteiger partial charge on any atom is -0.506 e. The first-order chi connectivity index (χ1) is 11.5. The minimum atomic E-state index is -0.218. The highest BCUT2D eigenvalue weighted by Crippen LogP contribution is 2.28. The third kappa shape index (κ3) is 6.71. The third-order valence-corrected chi connectivity index (χ3v) is 4.25. The molecule has 0 amide bonds. The van der Waals surface area contributed by atoms with Gasteiger partial charge in [0.2, 0.25) is 0 Å². The summed E-state index contributed by atoms with van der Waals surface area (Å²) in [5, 5.41) is 9.66. The number of hydrogen-bond acceptors (Lipinski definition) is 4. The number of phenols is 1. The van der Waals surface area contributed by atoms with Gasteiger partial charge in [-0.1, -0.05) is 24.3 Å². The summed E-state index contributed by atoms with van der Waals surface area (Å²) in [5.74, 6) is 0.335. The summed E-state index contributed by atoms with van der Waals surface area (Å²) in [4.78, 5) is 21.7.